The second-order valence-corrected chi connectivity index (χ2v) is 3.54. The summed E-state index contributed by atoms with van der Waals surface area (Å²) in [4.78, 5) is 0. The number of rotatable bonds is 2. The van der Waals surface area contributed by atoms with E-state index in [-0.39, 0.29) is 11.1 Å². The van der Waals surface area contributed by atoms with Gasteiger partial charge in [0.2, 0.25) is 23.8 Å². The Labute approximate surface area is 99.6 Å². The second kappa shape index (κ2) is 3.84. The fourth-order valence-corrected chi connectivity index (χ4v) is 1.49. The molecule has 0 saturated carbocycles. The Hall–Kier alpha value is -2.90. The summed E-state index contributed by atoms with van der Waals surface area (Å²) in [6.45, 7) is 0. The highest BCUT2D eigenvalue weighted by atomic mass is 16.5. The largest absolute Gasteiger partial charge is 0.487 e. The van der Waals surface area contributed by atoms with E-state index >= 15 is 0 Å². The molecule has 0 fully saturated rings. The van der Waals surface area contributed by atoms with Gasteiger partial charge in [-0.1, -0.05) is 0 Å². The molecule has 18 heavy (non-hydrogen) atoms. The van der Waals surface area contributed by atoms with Gasteiger partial charge in [0.15, 0.2) is 0 Å². The van der Waals surface area contributed by atoms with Crippen LogP contribution >= 0.6 is 0 Å². The highest BCUT2D eigenvalue weighted by molar-refractivity contribution is 5.30. The van der Waals surface area contributed by atoms with Crippen molar-refractivity contribution >= 4 is 0 Å². The zero-order valence-electron chi connectivity index (χ0n) is 9.07. The van der Waals surface area contributed by atoms with Crippen molar-refractivity contribution in [1.82, 2.24) is 10.5 Å². The fourth-order valence-electron chi connectivity index (χ4n) is 1.49. The molecule has 0 aliphatic heterocycles. The van der Waals surface area contributed by atoms with E-state index in [1.807, 2.05) is 0 Å². The third kappa shape index (κ3) is 1.75. The molecule has 3 aromatic rings. The Morgan fingerprint density at radius 2 is 1.17 bits per heavy atom. The molecular weight excluding hydrogens is 236 g/mol. The van der Waals surface area contributed by atoms with E-state index in [4.69, 9.17) is 10.8 Å². The molecule has 0 spiro atoms. The zero-order chi connectivity index (χ0) is 12.5. The second-order valence-electron chi connectivity index (χ2n) is 3.54. The Kier molecular flexibility index (Phi) is 2.19. The molecule has 3 rings (SSSR count). The van der Waals surface area contributed by atoms with Crippen LogP contribution in [0.2, 0.25) is 0 Å². The third-order valence-electron chi connectivity index (χ3n) is 2.31. The van der Waals surface area contributed by atoms with Gasteiger partial charge in [0.25, 0.3) is 11.1 Å². The van der Waals surface area contributed by atoms with Crippen LogP contribution in [-0.4, -0.2) is 0 Å². The summed E-state index contributed by atoms with van der Waals surface area (Å²) in [5.74, 6) is 0. The highest BCUT2D eigenvalue weighted by Gasteiger charge is 2.06. The standard InChI is InChI=1S/C10H8N6O2/c11-9-5-15(13-17-9)7-1-2-8(4-3-7)16-6-10(12)18-14-16/h1-6,11-12H. The van der Waals surface area contributed by atoms with Gasteiger partial charge in [-0.3, -0.25) is 21.4 Å². The molecule has 0 bridgehead atoms. The van der Waals surface area contributed by atoms with Crippen LogP contribution in [0.4, 0.5) is 0 Å². The molecule has 0 radical (unpaired) electrons. The van der Waals surface area contributed by atoms with E-state index in [9.17, 15) is 0 Å². The van der Waals surface area contributed by atoms with Gasteiger partial charge >= 0.3 is 0 Å². The molecule has 0 aliphatic rings. The Bertz CT molecular complexity index is 708. The van der Waals surface area contributed by atoms with Gasteiger partial charge < -0.3 is 9.05 Å². The monoisotopic (exact) mass is 244 g/mol. The molecule has 2 heterocycles. The van der Waals surface area contributed by atoms with E-state index in [0.717, 1.165) is 11.4 Å². The van der Waals surface area contributed by atoms with Gasteiger partial charge in [-0.15, -0.1) is 0 Å². The summed E-state index contributed by atoms with van der Waals surface area (Å²) in [6.07, 6.45) is 2.92. The molecule has 2 N–H and O–H groups in total. The highest BCUT2D eigenvalue weighted by Crippen LogP contribution is 2.01. The maximum absolute atomic E-state index is 7.25. The maximum atomic E-state index is 7.25. The average molecular weight is 244 g/mol. The molecule has 2 aromatic heterocycles. The summed E-state index contributed by atoms with van der Waals surface area (Å²) >= 11 is 0. The molecule has 8 heteroatoms. The lowest BCUT2D eigenvalue weighted by Gasteiger charge is -1.98. The summed E-state index contributed by atoms with van der Waals surface area (Å²) in [6, 6.07) is 7.18. The number of nitrogens with zero attached hydrogens (tertiary/aromatic N) is 4. The first kappa shape index (κ1) is 10.3. The van der Waals surface area contributed by atoms with Crippen molar-refractivity contribution in [3.05, 3.63) is 47.8 Å². The first-order valence-electron chi connectivity index (χ1n) is 5.04. The molecule has 0 amide bonds. The molecule has 1 aromatic carbocycles. The minimum atomic E-state index is -0.0104. The van der Waals surface area contributed by atoms with Crippen molar-refractivity contribution in [2.75, 3.05) is 0 Å². The summed E-state index contributed by atoms with van der Waals surface area (Å²) < 4.78 is 12.2. The van der Waals surface area contributed by atoms with Gasteiger partial charge in [-0.25, -0.2) is 9.36 Å². The quantitative estimate of drug-likeness (QED) is 0.523. The molecule has 0 saturated heterocycles. The van der Waals surface area contributed by atoms with E-state index in [0.29, 0.717) is 0 Å². The summed E-state index contributed by atoms with van der Waals surface area (Å²) in [5, 5.41) is 21.8. The first-order chi connectivity index (χ1) is 8.72. The van der Waals surface area contributed by atoms with Gasteiger partial charge in [-0.2, -0.15) is 0 Å². The molecule has 0 atom stereocenters. The van der Waals surface area contributed by atoms with Crippen LogP contribution in [0, 0.1) is 10.8 Å². The van der Waals surface area contributed by atoms with Gasteiger partial charge in [0.05, 0.1) is 0 Å². The van der Waals surface area contributed by atoms with E-state index in [1.165, 1.54) is 21.8 Å². The van der Waals surface area contributed by atoms with Crippen molar-refractivity contribution in [3.8, 4) is 11.4 Å². The lowest BCUT2D eigenvalue weighted by molar-refractivity contribution is -0.679. The van der Waals surface area contributed by atoms with Gasteiger partial charge in [0, 0.05) is 24.3 Å². The van der Waals surface area contributed by atoms with Crippen LogP contribution in [0.25, 0.3) is 11.4 Å². The maximum Gasteiger partial charge on any atom is 0.265 e. The smallest absolute Gasteiger partial charge is 0.265 e. The van der Waals surface area contributed by atoms with Gasteiger partial charge in [-0.05, 0) is 0 Å². The molecular formula is C10H8N6O2. The van der Waals surface area contributed by atoms with E-state index in [2.05, 4.69) is 19.6 Å². The van der Waals surface area contributed by atoms with Crippen molar-refractivity contribution in [2.45, 2.75) is 0 Å². The lowest BCUT2D eigenvalue weighted by Crippen LogP contribution is -2.36. The number of nitrogens with one attached hydrogen (secondary N) is 2. The molecule has 90 valence electrons. The lowest BCUT2D eigenvalue weighted by atomic mass is 10.3. The average Bonchev–Trinajstić information content (AvgIpc) is 2.98. The molecule has 0 aliphatic carbocycles. The normalized spacial score (nSPS) is 10.7. The van der Waals surface area contributed by atoms with E-state index in [1.54, 1.807) is 24.3 Å². The van der Waals surface area contributed by atoms with Crippen LogP contribution < -0.4 is 31.0 Å². The predicted molar refractivity (Wildman–Crippen MR) is 52.4 cm³/mol. The third-order valence-corrected chi connectivity index (χ3v) is 2.31. The van der Waals surface area contributed by atoms with Crippen LogP contribution in [0.15, 0.2) is 45.7 Å². The van der Waals surface area contributed by atoms with Crippen molar-refractivity contribution < 1.29 is 18.4 Å². The Morgan fingerprint density at radius 1 is 0.778 bits per heavy atom. The van der Waals surface area contributed by atoms with Crippen molar-refractivity contribution in [1.29, 1.82) is 10.8 Å². The Morgan fingerprint density at radius 3 is 1.44 bits per heavy atom. The summed E-state index contributed by atoms with van der Waals surface area (Å²) in [7, 11) is 0. The molecule has 0 unspecified atom stereocenters. The SMILES string of the molecule is N=c1c[n+](-c2ccc(-[n+]3cc(=N)o[n-]3)cc2)[n-]o1. The van der Waals surface area contributed by atoms with Crippen LogP contribution in [0.3, 0.4) is 0 Å². The zero-order valence-corrected chi connectivity index (χ0v) is 9.07. The molecule has 8 nitrogen and oxygen atoms in total. The predicted octanol–water partition coefficient (Wildman–Crippen LogP) is -1.70. The van der Waals surface area contributed by atoms with Crippen molar-refractivity contribution in [3.63, 3.8) is 0 Å². The Balaban J connectivity index is 1.98. The van der Waals surface area contributed by atoms with Crippen LogP contribution in [0.5, 0.6) is 0 Å². The number of benzene rings is 1. The number of hydrogen-bond acceptors (Lipinski definition) is 4. The minimum absolute atomic E-state index is 0.0104. The topological polar surface area (TPSA) is 110 Å². The van der Waals surface area contributed by atoms with Gasteiger partial charge in [0.1, 0.15) is 0 Å². The first-order valence-corrected chi connectivity index (χ1v) is 5.04. The fraction of sp³-hybridized carbons (Fsp3) is 0. The van der Waals surface area contributed by atoms with Crippen LogP contribution in [0.1, 0.15) is 0 Å². The van der Waals surface area contributed by atoms with E-state index < -0.39 is 0 Å². The van der Waals surface area contributed by atoms with Crippen LogP contribution in [-0.2, 0) is 0 Å². The summed E-state index contributed by atoms with van der Waals surface area (Å²) in [5.41, 5.74) is 1.50. The number of aromatic nitrogens is 4. The van der Waals surface area contributed by atoms with Crippen molar-refractivity contribution in [2.24, 2.45) is 0 Å². The minimum Gasteiger partial charge on any atom is -0.487 e. The number of hydrogen-bond donors (Lipinski definition) is 2.